The predicted molar refractivity (Wildman–Crippen MR) is 61.5 cm³/mol. The highest BCUT2D eigenvalue weighted by Crippen LogP contribution is 2.16. The van der Waals surface area contributed by atoms with Gasteiger partial charge in [0, 0.05) is 27.1 Å². The van der Waals surface area contributed by atoms with Crippen LogP contribution in [0.5, 0.6) is 0 Å². The van der Waals surface area contributed by atoms with Crippen LogP contribution >= 0.6 is 0 Å². The maximum atomic E-state index is 11.7. The summed E-state index contributed by atoms with van der Waals surface area (Å²) >= 11 is 0. The zero-order valence-electron chi connectivity index (χ0n) is 9.80. The van der Waals surface area contributed by atoms with E-state index in [1.165, 1.54) is 20.2 Å². The van der Waals surface area contributed by atoms with Gasteiger partial charge in [-0.2, -0.15) is 5.26 Å². The van der Waals surface area contributed by atoms with E-state index >= 15 is 0 Å². The Kier molecular flexibility index (Phi) is 4.69. The van der Waals surface area contributed by atoms with E-state index in [1.807, 2.05) is 6.07 Å². The quantitative estimate of drug-likeness (QED) is 0.751. The molecule has 0 spiro atoms. The molecular weight excluding hydrogens is 242 g/mol. The summed E-state index contributed by atoms with van der Waals surface area (Å²) in [6.07, 6.45) is 0.406. The van der Waals surface area contributed by atoms with Crippen LogP contribution in [0.4, 0.5) is 0 Å². The lowest BCUT2D eigenvalue weighted by Crippen LogP contribution is -2.21. The Labute approximate surface area is 101 Å². The summed E-state index contributed by atoms with van der Waals surface area (Å²) in [7, 11) is -0.611. The topological polar surface area (TPSA) is 86.3 Å². The third-order valence-corrected chi connectivity index (χ3v) is 3.77. The predicted octanol–water partition coefficient (Wildman–Crippen LogP) is 0.533. The average Bonchev–Trinajstić information content (AvgIpc) is 2.73. The van der Waals surface area contributed by atoms with Crippen molar-refractivity contribution in [2.75, 3.05) is 20.6 Å². The minimum Gasteiger partial charge on any atom is -0.447 e. The fraction of sp³-hybridized carbons (Fsp3) is 0.500. The molecule has 1 aromatic rings. The molecule has 0 saturated carbocycles. The molecule has 0 atom stereocenters. The first-order chi connectivity index (χ1) is 7.98. The molecule has 0 saturated heterocycles. The van der Waals surface area contributed by atoms with Crippen molar-refractivity contribution in [3.63, 3.8) is 0 Å². The molecule has 1 heterocycles. The number of hydrogen-bond acceptors (Lipinski definition) is 5. The van der Waals surface area contributed by atoms with Crippen molar-refractivity contribution in [2.24, 2.45) is 0 Å². The van der Waals surface area contributed by atoms with Crippen LogP contribution in [0.1, 0.15) is 12.2 Å². The van der Waals surface area contributed by atoms with Gasteiger partial charge < -0.3 is 9.73 Å². The second kappa shape index (κ2) is 5.82. The van der Waals surface area contributed by atoms with Gasteiger partial charge >= 0.3 is 0 Å². The zero-order chi connectivity index (χ0) is 12.9. The number of nitrogens with zero attached hydrogens (tertiary/aromatic N) is 2. The summed E-state index contributed by atoms with van der Waals surface area (Å²) in [5.41, 5.74) is 0. The Hall–Kier alpha value is -1.36. The Bertz CT molecular complexity index is 499. The molecule has 1 N–H and O–H groups in total. The van der Waals surface area contributed by atoms with Gasteiger partial charge in [0.25, 0.3) is 10.0 Å². The lowest BCUT2D eigenvalue weighted by molar-refractivity contribution is 0.390. The fourth-order valence-electron chi connectivity index (χ4n) is 1.13. The van der Waals surface area contributed by atoms with E-state index in [4.69, 9.17) is 9.68 Å². The Morgan fingerprint density at radius 3 is 2.76 bits per heavy atom. The van der Waals surface area contributed by atoms with E-state index in [1.54, 1.807) is 6.07 Å². The second-order valence-electron chi connectivity index (χ2n) is 3.59. The monoisotopic (exact) mass is 257 g/mol. The molecule has 0 amide bonds. The lowest BCUT2D eigenvalue weighted by Gasteiger charge is -2.07. The highest BCUT2D eigenvalue weighted by atomic mass is 32.2. The second-order valence-corrected chi connectivity index (χ2v) is 5.68. The highest BCUT2D eigenvalue weighted by molar-refractivity contribution is 7.88. The minimum atomic E-state index is -3.50. The SMILES string of the molecule is CN(C)S(=O)(=O)c1ccc(CNCCC#N)o1. The Morgan fingerprint density at radius 1 is 1.47 bits per heavy atom. The molecule has 1 aromatic heterocycles. The third-order valence-electron chi connectivity index (χ3n) is 2.08. The van der Waals surface area contributed by atoms with Crippen LogP contribution in [0, 0.1) is 11.3 Å². The number of furan rings is 1. The van der Waals surface area contributed by atoms with Crippen molar-refractivity contribution in [1.29, 1.82) is 5.26 Å². The van der Waals surface area contributed by atoms with E-state index in [9.17, 15) is 8.42 Å². The van der Waals surface area contributed by atoms with Crippen molar-refractivity contribution >= 4 is 10.0 Å². The number of hydrogen-bond donors (Lipinski definition) is 1. The molecule has 94 valence electrons. The van der Waals surface area contributed by atoms with Gasteiger partial charge in [-0.1, -0.05) is 0 Å². The summed E-state index contributed by atoms with van der Waals surface area (Å²) in [5.74, 6) is 0.531. The van der Waals surface area contributed by atoms with Gasteiger partial charge in [0.2, 0.25) is 5.09 Å². The van der Waals surface area contributed by atoms with Gasteiger partial charge in [0.15, 0.2) is 0 Å². The summed E-state index contributed by atoms with van der Waals surface area (Å²) < 4.78 is 29.7. The molecule has 1 rings (SSSR count). The van der Waals surface area contributed by atoms with Crippen LogP contribution in [0.2, 0.25) is 0 Å². The van der Waals surface area contributed by atoms with E-state index < -0.39 is 10.0 Å². The third kappa shape index (κ3) is 3.56. The van der Waals surface area contributed by atoms with Crippen molar-refractivity contribution < 1.29 is 12.8 Å². The van der Waals surface area contributed by atoms with Crippen molar-refractivity contribution in [3.8, 4) is 6.07 Å². The van der Waals surface area contributed by atoms with E-state index in [-0.39, 0.29) is 5.09 Å². The smallest absolute Gasteiger partial charge is 0.275 e. The van der Waals surface area contributed by atoms with Crippen LogP contribution in [0.25, 0.3) is 0 Å². The maximum absolute atomic E-state index is 11.7. The molecule has 7 heteroatoms. The zero-order valence-corrected chi connectivity index (χ0v) is 10.6. The molecule has 17 heavy (non-hydrogen) atoms. The number of nitriles is 1. The Balaban J connectivity index is 2.64. The van der Waals surface area contributed by atoms with Crippen LogP contribution < -0.4 is 5.32 Å². The number of nitrogens with one attached hydrogen (secondary N) is 1. The summed E-state index contributed by atoms with van der Waals surface area (Å²) in [4.78, 5) is 0. The van der Waals surface area contributed by atoms with Gasteiger partial charge in [-0.05, 0) is 12.1 Å². The summed E-state index contributed by atoms with van der Waals surface area (Å²) in [6, 6.07) is 5.04. The van der Waals surface area contributed by atoms with E-state index in [2.05, 4.69) is 5.32 Å². The fourth-order valence-corrected chi connectivity index (χ4v) is 1.94. The first-order valence-corrected chi connectivity index (χ1v) is 6.51. The largest absolute Gasteiger partial charge is 0.447 e. The summed E-state index contributed by atoms with van der Waals surface area (Å²) in [5, 5.41) is 11.2. The molecule has 0 fully saturated rings. The molecular formula is C10H15N3O3S. The maximum Gasteiger partial charge on any atom is 0.275 e. The van der Waals surface area contributed by atoms with E-state index in [0.29, 0.717) is 25.3 Å². The van der Waals surface area contributed by atoms with Crippen molar-refractivity contribution in [1.82, 2.24) is 9.62 Å². The highest BCUT2D eigenvalue weighted by Gasteiger charge is 2.21. The van der Waals surface area contributed by atoms with Gasteiger partial charge in [0.05, 0.1) is 12.6 Å². The normalized spacial score (nSPS) is 11.6. The van der Waals surface area contributed by atoms with Gasteiger partial charge in [-0.3, -0.25) is 0 Å². The molecule has 0 bridgehead atoms. The van der Waals surface area contributed by atoms with Crippen LogP contribution in [0.15, 0.2) is 21.6 Å². The molecule has 0 radical (unpaired) electrons. The van der Waals surface area contributed by atoms with Crippen LogP contribution in [-0.2, 0) is 16.6 Å². The van der Waals surface area contributed by atoms with Gasteiger partial charge in [-0.15, -0.1) is 0 Å². The molecule has 0 aliphatic heterocycles. The number of sulfonamides is 1. The first-order valence-electron chi connectivity index (χ1n) is 5.07. The summed E-state index contributed by atoms with van der Waals surface area (Å²) in [6.45, 7) is 0.956. The lowest BCUT2D eigenvalue weighted by atomic mass is 10.4. The van der Waals surface area contributed by atoms with Gasteiger partial charge in [0.1, 0.15) is 5.76 Å². The standard InChI is InChI=1S/C10H15N3O3S/c1-13(2)17(14,15)10-5-4-9(16-10)8-12-7-3-6-11/h4-5,12H,3,7-8H2,1-2H3. The molecule has 0 aliphatic carbocycles. The van der Waals surface area contributed by atoms with Crippen LogP contribution in [0.3, 0.4) is 0 Å². The average molecular weight is 257 g/mol. The van der Waals surface area contributed by atoms with Gasteiger partial charge in [-0.25, -0.2) is 12.7 Å². The molecule has 6 nitrogen and oxygen atoms in total. The van der Waals surface area contributed by atoms with Crippen molar-refractivity contribution in [3.05, 3.63) is 17.9 Å². The van der Waals surface area contributed by atoms with Crippen molar-refractivity contribution in [2.45, 2.75) is 18.1 Å². The first kappa shape index (κ1) is 13.7. The minimum absolute atomic E-state index is 0.0698. The number of rotatable bonds is 6. The molecule has 0 aromatic carbocycles. The Morgan fingerprint density at radius 2 is 2.18 bits per heavy atom. The molecule has 0 unspecified atom stereocenters. The van der Waals surface area contributed by atoms with E-state index in [0.717, 1.165) is 4.31 Å². The van der Waals surface area contributed by atoms with Crippen LogP contribution in [-0.4, -0.2) is 33.4 Å². The molecule has 0 aliphatic rings.